The summed E-state index contributed by atoms with van der Waals surface area (Å²) in [6.07, 6.45) is -5.35. The van der Waals surface area contributed by atoms with Crippen LogP contribution in [-0.2, 0) is 22.7 Å². The van der Waals surface area contributed by atoms with Gasteiger partial charge < -0.3 is 38.7 Å². The number of ether oxygens (including phenoxy) is 1. The molecule has 1 fully saturated rings. The van der Waals surface area contributed by atoms with Gasteiger partial charge in [-0.2, -0.15) is 0 Å². The molecule has 0 spiro atoms. The van der Waals surface area contributed by atoms with Crippen LogP contribution in [0, 0.1) is 0 Å². The Morgan fingerprint density at radius 1 is 1.13 bits per heavy atom. The molecule has 2 aromatic heterocycles. The molecule has 21 heteroatoms. The van der Waals surface area contributed by atoms with Crippen molar-refractivity contribution in [3.63, 3.8) is 0 Å². The fraction of sp³-hybridized carbons (Fsp3) is 0.500. The van der Waals surface area contributed by atoms with Gasteiger partial charge in [0.25, 0.3) is 13.4 Å². The van der Waals surface area contributed by atoms with Crippen molar-refractivity contribution in [2.45, 2.75) is 24.5 Å². The number of H-pyrrole nitrogens is 2. The van der Waals surface area contributed by atoms with E-state index >= 15 is 0 Å². The molecule has 3 heterocycles. The first-order valence-corrected chi connectivity index (χ1v) is 10.2. The Labute approximate surface area is 238 Å². The predicted molar refractivity (Wildman–Crippen MR) is 79.1 cm³/mol. The largest absolute Gasteiger partial charge is 1.00 e. The van der Waals surface area contributed by atoms with Gasteiger partial charge in [-0.15, -0.1) is 0 Å². The molecule has 0 saturated carbocycles. The number of fused-ring (bicyclic) bond motifs is 1. The van der Waals surface area contributed by atoms with Gasteiger partial charge in [0.2, 0.25) is 0 Å². The van der Waals surface area contributed by atoms with Crippen molar-refractivity contribution >= 4 is 26.8 Å². The maximum atomic E-state index is 11.7. The second kappa shape index (κ2) is 12.3. The summed E-state index contributed by atoms with van der Waals surface area (Å²) in [7, 11) is -11.5. The van der Waals surface area contributed by atoms with Gasteiger partial charge in [0.15, 0.2) is 11.7 Å². The molecule has 2 aromatic rings. The molecule has 0 aliphatic carbocycles. The summed E-state index contributed by atoms with van der Waals surface area (Å²) in [6, 6.07) is 0. The molecule has 16 nitrogen and oxygen atoms in total. The number of hydrogen-bond acceptors (Lipinski definition) is 13. The van der Waals surface area contributed by atoms with E-state index in [9.17, 15) is 43.6 Å². The van der Waals surface area contributed by atoms with E-state index in [0.29, 0.717) is 0 Å². The van der Waals surface area contributed by atoms with Gasteiger partial charge >= 0.3 is 94.4 Å². The van der Waals surface area contributed by atoms with Crippen LogP contribution in [0.25, 0.3) is 11.2 Å². The van der Waals surface area contributed by atoms with E-state index in [1.807, 2.05) is 4.98 Å². The normalized spacial score (nSPS) is 25.2. The van der Waals surface area contributed by atoms with E-state index in [4.69, 9.17) is 4.74 Å². The van der Waals surface area contributed by atoms with Crippen molar-refractivity contribution in [3.8, 4) is 0 Å². The molecule has 1 saturated heterocycles. The van der Waals surface area contributed by atoms with E-state index in [2.05, 4.69) is 18.8 Å². The van der Waals surface area contributed by atoms with Crippen molar-refractivity contribution in [2.24, 2.45) is 0 Å². The monoisotopic (exact) mass is 510 g/mol. The summed E-state index contributed by atoms with van der Waals surface area (Å²) >= 11 is 0. The van der Waals surface area contributed by atoms with Gasteiger partial charge in [-0.3, -0.25) is 28.2 Å². The first kappa shape index (κ1) is 32.3. The predicted octanol–water partition coefficient (Wildman–Crippen LogP) is -13.6. The molecule has 31 heavy (non-hydrogen) atoms. The molecule has 1 aliphatic heterocycles. The number of phosphoric acid groups is 2. The standard InChI is InChI=1S/C10H14N4O12P2.3Na/c15-5-3(1-24-28(22,23)26-27(19,20)21)25-9(6(5)16)14-2-11-4-7(14)12-10(18)13-8(4)17;;;/h2-3,5-6,9,15-16H,1H2,(H,22,23)(H2,19,20,21)(H2,12,13,17,18);;;/q;3*+1/p-3/t3-,5-,6-,9-;;;/m1.../s1. The third-order valence-corrected chi connectivity index (χ3v) is 5.74. The SMILES string of the molecule is O=c1[nH]c(=O)c2ncn([C@@H]3O[C@H](COP(=O)([O-])OP(=O)([O-])[O-])[C@@H](O)[C@H]3O)c2[nH]1.[Na+].[Na+].[Na+]. The van der Waals surface area contributed by atoms with Crippen LogP contribution >= 0.6 is 15.6 Å². The van der Waals surface area contributed by atoms with E-state index in [1.54, 1.807) is 0 Å². The van der Waals surface area contributed by atoms with Gasteiger partial charge in [-0.25, -0.2) is 9.78 Å². The van der Waals surface area contributed by atoms with Crippen LogP contribution in [0.1, 0.15) is 6.23 Å². The van der Waals surface area contributed by atoms with E-state index in [0.717, 1.165) is 10.9 Å². The molecule has 4 N–H and O–H groups in total. The number of hydrogen-bond donors (Lipinski definition) is 4. The quantitative estimate of drug-likeness (QED) is 0.208. The number of nitrogens with one attached hydrogen (secondary N) is 2. The van der Waals surface area contributed by atoms with Crippen molar-refractivity contribution in [1.82, 2.24) is 19.5 Å². The summed E-state index contributed by atoms with van der Waals surface area (Å²) in [5.41, 5.74) is -2.06. The molecule has 0 radical (unpaired) electrons. The van der Waals surface area contributed by atoms with Gasteiger partial charge in [0.1, 0.15) is 24.0 Å². The Hall–Kier alpha value is 1.29. The summed E-state index contributed by atoms with van der Waals surface area (Å²) < 4.78 is 35.3. The van der Waals surface area contributed by atoms with Gasteiger partial charge in [-0.05, 0) is 0 Å². The summed E-state index contributed by atoms with van der Waals surface area (Å²) in [5, 5.41) is 20.1. The molecule has 5 atom stereocenters. The van der Waals surface area contributed by atoms with Crippen molar-refractivity contribution in [2.75, 3.05) is 6.61 Å². The number of aromatic nitrogens is 4. The van der Waals surface area contributed by atoms with Crippen LogP contribution < -0.4 is 115 Å². The van der Waals surface area contributed by atoms with E-state index in [1.165, 1.54) is 0 Å². The molecule has 3 rings (SSSR count). The van der Waals surface area contributed by atoms with Crippen LogP contribution in [0.2, 0.25) is 0 Å². The average Bonchev–Trinajstić information content (AvgIpc) is 3.06. The first-order chi connectivity index (χ1) is 12.9. The third kappa shape index (κ3) is 7.90. The molecule has 156 valence electrons. The molecule has 1 unspecified atom stereocenters. The number of aliphatic hydroxyl groups is 2. The Morgan fingerprint density at radius 3 is 2.32 bits per heavy atom. The van der Waals surface area contributed by atoms with Crippen molar-refractivity contribution in [3.05, 3.63) is 27.2 Å². The summed E-state index contributed by atoms with van der Waals surface area (Å²) in [4.78, 5) is 63.0. The minimum Gasteiger partial charge on any atom is -0.790 e. The number of aromatic amines is 2. The number of imidazole rings is 1. The third-order valence-electron chi connectivity index (χ3n) is 3.68. The van der Waals surface area contributed by atoms with Gasteiger partial charge in [0, 0.05) is 0 Å². The van der Waals surface area contributed by atoms with Crippen molar-refractivity contribution in [1.29, 1.82) is 0 Å². The molecule has 0 aromatic carbocycles. The Morgan fingerprint density at radius 2 is 1.74 bits per heavy atom. The fourth-order valence-electron chi connectivity index (χ4n) is 2.55. The molecule has 0 bridgehead atoms. The maximum absolute atomic E-state index is 11.7. The molecular weight excluding hydrogens is 499 g/mol. The second-order valence-electron chi connectivity index (χ2n) is 5.58. The van der Waals surface area contributed by atoms with Crippen LogP contribution in [0.5, 0.6) is 0 Å². The fourth-order valence-corrected chi connectivity index (χ4v) is 4.05. The summed E-state index contributed by atoms with van der Waals surface area (Å²) in [6.45, 7) is -1.01. The molecule has 1 aliphatic rings. The molecular formula is C10H11N4Na3O12P2. The Kier molecular flexibility index (Phi) is 12.8. The maximum Gasteiger partial charge on any atom is 1.00 e. The van der Waals surface area contributed by atoms with E-state index in [-0.39, 0.29) is 99.8 Å². The number of nitrogens with zero attached hydrogens (tertiary/aromatic N) is 2. The minimum absolute atomic E-state index is 0. The number of phosphoric ester groups is 1. The number of aliphatic hydroxyl groups excluding tert-OH is 2. The number of rotatable bonds is 6. The van der Waals surface area contributed by atoms with Gasteiger partial charge in [0.05, 0.1) is 20.8 Å². The van der Waals surface area contributed by atoms with Gasteiger partial charge in [-0.1, -0.05) is 0 Å². The second-order valence-corrected chi connectivity index (χ2v) is 8.28. The first-order valence-electron chi connectivity index (χ1n) is 7.28. The Balaban J connectivity index is 0.00000300. The zero-order valence-corrected chi connectivity index (χ0v) is 24.1. The van der Waals surface area contributed by atoms with Crippen LogP contribution in [0.3, 0.4) is 0 Å². The zero-order valence-electron chi connectivity index (χ0n) is 16.4. The smallest absolute Gasteiger partial charge is 0.790 e. The Bertz CT molecular complexity index is 1100. The van der Waals surface area contributed by atoms with E-state index < -0.39 is 58.0 Å². The summed E-state index contributed by atoms with van der Waals surface area (Å²) in [5.74, 6) is 0. The van der Waals surface area contributed by atoms with Crippen LogP contribution in [-0.4, -0.2) is 54.7 Å². The topological polar surface area (TPSA) is 255 Å². The average molecular weight is 510 g/mol. The minimum atomic E-state index is -5.90. The molecule has 0 amide bonds. The van der Waals surface area contributed by atoms with Crippen LogP contribution in [0.4, 0.5) is 0 Å². The van der Waals surface area contributed by atoms with Crippen LogP contribution in [0.15, 0.2) is 15.9 Å². The zero-order chi connectivity index (χ0) is 20.9. The van der Waals surface area contributed by atoms with Crippen molar-refractivity contribution < 1.29 is 136 Å².